The van der Waals surface area contributed by atoms with Crippen molar-refractivity contribution in [3.8, 4) is 0 Å². The smallest absolute Gasteiger partial charge is 0.251 e. The molecule has 0 atom stereocenters. The minimum absolute atomic E-state index is 0.161. The van der Waals surface area contributed by atoms with Gasteiger partial charge in [0.05, 0.1) is 23.1 Å². The maximum atomic E-state index is 13.6. The van der Waals surface area contributed by atoms with Gasteiger partial charge in [-0.15, -0.1) is 0 Å². The largest absolute Gasteiger partial charge is 0.384 e. The summed E-state index contributed by atoms with van der Waals surface area (Å²) in [4.78, 5) is 15.2. The number of rotatable bonds is 3. The van der Waals surface area contributed by atoms with Crippen molar-refractivity contribution in [2.45, 2.75) is 6.92 Å². The molecule has 0 saturated carbocycles. The first kappa shape index (κ1) is 12.8. The van der Waals surface area contributed by atoms with Crippen molar-refractivity contribution in [2.75, 3.05) is 11.1 Å². The zero-order valence-electron chi connectivity index (χ0n) is 10.3. The van der Waals surface area contributed by atoms with Gasteiger partial charge < -0.3 is 16.8 Å². The van der Waals surface area contributed by atoms with Crippen LogP contribution in [-0.4, -0.2) is 10.9 Å². The zero-order chi connectivity index (χ0) is 14.0. The standard InChI is InChI=1S/C13H13FN4O/c1-7-2-3-9(14)10(4-7)18-11-6-17-12(15)5-8(11)13(16)19/h2-6,18H,1H3,(H2,15,17)(H2,16,19). The quantitative estimate of drug-likeness (QED) is 0.786. The van der Waals surface area contributed by atoms with E-state index in [1.807, 2.05) is 6.92 Å². The molecule has 1 amide bonds. The van der Waals surface area contributed by atoms with Crippen LogP contribution in [-0.2, 0) is 0 Å². The van der Waals surface area contributed by atoms with Crippen molar-refractivity contribution in [2.24, 2.45) is 5.73 Å². The Morgan fingerprint density at radius 3 is 2.74 bits per heavy atom. The molecule has 19 heavy (non-hydrogen) atoms. The third kappa shape index (κ3) is 2.79. The maximum Gasteiger partial charge on any atom is 0.251 e. The molecule has 2 aromatic rings. The fourth-order valence-electron chi connectivity index (χ4n) is 1.65. The molecule has 1 aromatic carbocycles. The fourth-order valence-corrected chi connectivity index (χ4v) is 1.65. The molecule has 0 aliphatic carbocycles. The summed E-state index contributed by atoms with van der Waals surface area (Å²) in [6.07, 6.45) is 1.34. The Labute approximate surface area is 109 Å². The van der Waals surface area contributed by atoms with Crippen LogP contribution in [0.1, 0.15) is 15.9 Å². The van der Waals surface area contributed by atoms with Crippen molar-refractivity contribution in [1.29, 1.82) is 0 Å². The number of carbonyl (C=O) groups excluding carboxylic acids is 1. The van der Waals surface area contributed by atoms with E-state index in [-0.39, 0.29) is 17.1 Å². The van der Waals surface area contributed by atoms with Gasteiger partial charge in [-0.05, 0) is 30.7 Å². The number of benzene rings is 1. The lowest BCUT2D eigenvalue weighted by Crippen LogP contribution is -2.14. The molecule has 1 aromatic heterocycles. The fraction of sp³-hybridized carbons (Fsp3) is 0.0769. The van der Waals surface area contributed by atoms with E-state index >= 15 is 0 Å². The van der Waals surface area contributed by atoms with E-state index in [1.54, 1.807) is 12.1 Å². The van der Waals surface area contributed by atoms with E-state index in [4.69, 9.17) is 11.5 Å². The van der Waals surface area contributed by atoms with Crippen LogP contribution in [0.2, 0.25) is 0 Å². The molecule has 2 rings (SSSR count). The van der Waals surface area contributed by atoms with Gasteiger partial charge in [0.2, 0.25) is 0 Å². The minimum atomic E-state index is -0.662. The molecule has 0 spiro atoms. The number of halogens is 1. The number of pyridine rings is 1. The second-order valence-electron chi connectivity index (χ2n) is 4.13. The molecule has 0 bridgehead atoms. The van der Waals surface area contributed by atoms with Crippen molar-refractivity contribution in [3.63, 3.8) is 0 Å². The average molecular weight is 260 g/mol. The topological polar surface area (TPSA) is 94.0 Å². The molecule has 0 radical (unpaired) electrons. The highest BCUT2D eigenvalue weighted by molar-refractivity contribution is 5.99. The Balaban J connectivity index is 2.43. The van der Waals surface area contributed by atoms with Crippen LogP contribution in [0.15, 0.2) is 30.5 Å². The number of nitrogens with zero attached hydrogens (tertiary/aromatic N) is 1. The number of aromatic nitrogens is 1. The van der Waals surface area contributed by atoms with Crippen molar-refractivity contribution >= 4 is 23.1 Å². The van der Waals surface area contributed by atoms with Crippen LogP contribution in [0.25, 0.3) is 0 Å². The summed E-state index contributed by atoms with van der Waals surface area (Å²) in [7, 11) is 0. The first-order valence-corrected chi connectivity index (χ1v) is 5.56. The Kier molecular flexibility index (Phi) is 3.33. The lowest BCUT2D eigenvalue weighted by atomic mass is 10.1. The highest BCUT2D eigenvalue weighted by Crippen LogP contribution is 2.24. The van der Waals surface area contributed by atoms with E-state index in [0.717, 1.165) is 5.56 Å². The van der Waals surface area contributed by atoms with Crippen LogP contribution in [0, 0.1) is 12.7 Å². The molecule has 0 fully saturated rings. The molecule has 98 valence electrons. The number of nitrogens with two attached hydrogens (primary N) is 2. The van der Waals surface area contributed by atoms with Crippen LogP contribution >= 0.6 is 0 Å². The molecular formula is C13H13FN4O. The predicted molar refractivity (Wildman–Crippen MR) is 71.6 cm³/mol. The van der Waals surface area contributed by atoms with Crippen LogP contribution < -0.4 is 16.8 Å². The number of anilines is 3. The van der Waals surface area contributed by atoms with E-state index in [2.05, 4.69) is 10.3 Å². The number of hydrogen-bond donors (Lipinski definition) is 3. The lowest BCUT2D eigenvalue weighted by Gasteiger charge is -2.11. The second kappa shape index (κ2) is 4.93. The van der Waals surface area contributed by atoms with Gasteiger partial charge in [-0.25, -0.2) is 9.37 Å². The molecule has 0 aliphatic heterocycles. The van der Waals surface area contributed by atoms with Gasteiger partial charge in [0, 0.05) is 0 Å². The molecule has 1 heterocycles. The third-order valence-electron chi connectivity index (χ3n) is 2.58. The Morgan fingerprint density at radius 2 is 2.05 bits per heavy atom. The molecule has 5 N–H and O–H groups in total. The summed E-state index contributed by atoms with van der Waals surface area (Å²) in [6, 6.07) is 5.96. The van der Waals surface area contributed by atoms with Crippen LogP contribution in [0.4, 0.5) is 21.6 Å². The number of carbonyl (C=O) groups is 1. The van der Waals surface area contributed by atoms with Gasteiger partial charge in [0.25, 0.3) is 5.91 Å². The van der Waals surface area contributed by atoms with E-state index in [0.29, 0.717) is 5.69 Å². The van der Waals surface area contributed by atoms with Crippen molar-refractivity contribution < 1.29 is 9.18 Å². The van der Waals surface area contributed by atoms with Crippen molar-refractivity contribution in [1.82, 2.24) is 4.98 Å². The van der Waals surface area contributed by atoms with Crippen LogP contribution in [0.5, 0.6) is 0 Å². The summed E-state index contributed by atoms with van der Waals surface area (Å²) in [5.41, 5.74) is 12.3. The number of nitrogens with one attached hydrogen (secondary N) is 1. The monoisotopic (exact) mass is 260 g/mol. The second-order valence-corrected chi connectivity index (χ2v) is 4.13. The Morgan fingerprint density at radius 1 is 1.32 bits per heavy atom. The average Bonchev–Trinajstić information content (AvgIpc) is 2.35. The molecule has 5 nitrogen and oxygen atoms in total. The number of primary amides is 1. The number of aryl methyl sites for hydroxylation is 1. The minimum Gasteiger partial charge on any atom is -0.384 e. The predicted octanol–water partition coefficient (Wildman–Crippen LogP) is 1.95. The number of amides is 1. The van der Waals surface area contributed by atoms with Crippen LogP contribution in [0.3, 0.4) is 0 Å². The van der Waals surface area contributed by atoms with Gasteiger partial charge in [0.1, 0.15) is 11.6 Å². The first-order valence-electron chi connectivity index (χ1n) is 5.56. The highest BCUT2D eigenvalue weighted by Gasteiger charge is 2.11. The van der Waals surface area contributed by atoms with Gasteiger partial charge >= 0.3 is 0 Å². The summed E-state index contributed by atoms with van der Waals surface area (Å²) in [5.74, 6) is -0.924. The number of hydrogen-bond acceptors (Lipinski definition) is 4. The molecule has 0 unspecified atom stereocenters. The summed E-state index contributed by atoms with van der Waals surface area (Å²) >= 11 is 0. The summed E-state index contributed by atoms with van der Waals surface area (Å²) in [6.45, 7) is 1.83. The Hall–Kier alpha value is -2.63. The number of nitrogen functional groups attached to an aromatic ring is 1. The third-order valence-corrected chi connectivity index (χ3v) is 2.58. The summed E-state index contributed by atoms with van der Waals surface area (Å²) < 4.78 is 13.6. The normalized spacial score (nSPS) is 10.2. The van der Waals surface area contributed by atoms with E-state index in [1.165, 1.54) is 18.3 Å². The molecule has 0 saturated heterocycles. The molecular weight excluding hydrogens is 247 g/mol. The van der Waals surface area contributed by atoms with Gasteiger partial charge in [-0.3, -0.25) is 4.79 Å². The Bertz CT molecular complexity index is 643. The SMILES string of the molecule is Cc1ccc(F)c(Nc2cnc(N)cc2C(N)=O)c1. The highest BCUT2D eigenvalue weighted by atomic mass is 19.1. The first-order chi connectivity index (χ1) is 8.97. The van der Waals surface area contributed by atoms with Gasteiger partial charge in [-0.2, -0.15) is 0 Å². The van der Waals surface area contributed by atoms with Crippen molar-refractivity contribution in [3.05, 3.63) is 47.4 Å². The molecule has 0 aliphatic rings. The van der Waals surface area contributed by atoms with Gasteiger partial charge in [0.15, 0.2) is 0 Å². The van der Waals surface area contributed by atoms with E-state index in [9.17, 15) is 9.18 Å². The van der Waals surface area contributed by atoms with Gasteiger partial charge in [-0.1, -0.05) is 6.07 Å². The maximum absolute atomic E-state index is 13.6. The summed E-state index contributed by atoms with van der Waals surface area (Å²) in [5, 5.41) is 2.80. The zero-order valence-corrected chi connectivity index (χ0v) is 10.3. The molecule has 6 heteroatoms. The van der Waals surface area contributed by atoms with E-state index < -0.39 is 11.7 Å². The lowest BCUT2D eigenvalue weighted by molar-refractivity contribution is 0.100.